The van der Waals surface area contributed by atoms with E-state index in [9.17, 15) is 9.59 Å². The molecule has 3 amide bonds. The third kappa shape index (κ3) is 6.76. The number of hydrogen-bond donors (Lipinski definition) is 3. The molecule has 7 heteroatoms. The van der Waals surface area contributed by atoms with E-state index in [1.54, 1.807) is 31.4 Å². The summed E-state index contributed by atoms with van der Waals surface area (Å²) in [6, 6.07) is 22.4. The Morgan fingerprint density at radius 3 is 2.34 bits per heavy atom. The molecule has 0 atom stereocenters. The molecule has 0 radical (unpaired) electrons. The summed E-state index contributed by atoms with van der Waals surface area (Å²) in [6.45, 7) is 2.39. The van der Waals surface area contributed by atoms with Gasteiger partial charge in [-0.25, -0.2) is 4.79 Å². The molecule has 4 rings (SSSR count). The molecule has 3 aromatic carbocycles. The monoisotopic (exact) mass is 472 g/mol. The van der Waals surface area contributed by atoms with Crippen LogP contribution in [0, 0.1) is 0 Å². The Bertz CT molecular complexity index is 1140. The van der Waals surface area contributed by atoms with Crippen molar-refractivity contribution in [3.63, 3.8) is 0 Å². The topological polar surface area (TPSA) is 82.7 Å². The first kappa shape index (κ1) is 24.1. The maximum absolute atomic E-state index is 13.2. The van der Waals surface area contributed by atoms with Crippen molar-refractivity contribution in [3.8, 4) is 5.75 Å². The summed E-state index contributed by atoms with van der Waals surface area (Å²) in [5.74, 6) is 0.515. The Morgan fingerprint density at radius 1 is 0.857 bits per heavy atom. The van der Waals surface area contributed by atoms with Gasteiger partial charge >= 0.3 is 6.03 Å². The quantitative estimate of drug-likeness (QED) is 0.415. The highest BCUT2D eigenvalue weighted by atomic mass is 16.5. The van der Waals surface area contributed by atoms with Crippen LogP contribution in [0.4, 0.5) is 21.9 Å². The fourth-order valence-electron chi connectivity index (χ4n) is 4.26. The zero-order valence-electron chi connectivity index (χ0n) is 20.0. The molecular formula is C28H32N4O3. The van der Waals surface area contributed by atoms with Crippen LogP contribution >= 0.6 is 0 Å². The Kier molecular flexibility index (Phi) is 8.22. The average Bonchev–Trinajstić information content (AvgIpc) is 2.89. The number of anilines is 3. The molecule has 1 aliphatic heterocycles. The molecule has 0 unspecified atom stereocenters. The molecule has 1 aliphatic rings. The highest BCUT2D eigenvalue weighted by Crippen LogP contribution is 2.27. The van der Waals surface area contributed by atoms with Crippen LogP contribution in [0.5, 0.6) is 5.75 Å². The van der Waals surface area contributed by atoms with Crippen LogP contribution in [0.25, 0.3) is 0 Å². The molecule has 35 heavy (non-hydrogen) atoms. The maximum Gasteiger partial charge on any atom is 0.323 e. The summed E-state index contributed by atoms with van der Waals surface area (Å²) in [5.41, 5.74) is 3.82. The minimum absolute atomic E-state index is 0.140. The molecule has 0 saturated carbocycles. The zero-order chi connectivity index (χ0) is 24.5. The molecule has 3 N–H and O–H groups in total. The molecule has 1 saturated heterocycles. The summed E-state index contributed by atoms with van der Waals surface area (Å²) in [7, 11) is 1.58. The molecule has 1 heterocycles. The fraction of sp³-hybridized carbons (Fsp3) is 0.286. The van der Waals surface area contributed by atoms with E-state index < -0.39 is 0 Å². The van der Waals surface area contributed by atoms with Crippen LogP contribution < -0.4 is 25.6 Å². The standard InChI is InChI=1S/C28H32N4O3/c1-35-24-12-8-11-22(19-24)30-28(34)31-23-13-14-26(32-17-6-3-7-18-32)25(20-23)27(33)29-16-15-21-9-4-2-5-10-21/h2,4-5,8-14,19-20H,3,6-7,15-18H2,1H3,(H,29,33)(H2,30,31,34). The fourth-order valence-corrected chi connectivity index (χ4v) is 4.26. The van der Waals surface area contributed by atoms with Gasteiger partial charge in [-0.1, -0.05) is 36.4 Å². The second kappa shape index (κ2) is 11.9. The lowest BCUT2D eigenvalue weighted by Crippen LogP contribution is -2.33. The number of nitrogens with zero attached hydrogens (tertiary/aromatic N) is 1. The van der Waals surface area contributed by atoms with E-state index in [4.69, 9.17) is 4.74 Å². The third-order valence-electron chi connectivity index (χ3n) is 6.07. The first-order chi connectivity index (χ1) is 17.1. The summed E-state index contributed by atoms with van der Waals surface area (Å²) in [4.78, 5) is 28.1. The Hall–Kier alpha value is -4.00. The van der Waals surface area contributed by atoms with Crippen LogP contribution in [0.3, 0.4) is 0 Å². The van der Waals surface area contributed by atoms with E-state index >= 15 is 0 Å². The smallest absolute Gasteiger partial charge is 0.323 e. The lowest BCUT2D eigenvalue weighted by atomic mass is 10.1. The number of piperidine rings is 1. The number of rotatable bonds is 8. The van der Waals surface area contributed by atoms with E-state index in [0.717, 1.165) is 38.0 Å². The molecule has 1 fully saturated rings. The van der Waals surface area contributed by atoms with Gasteiger partial charge in [0, 0.05) is 42.8 Å². The molecule has 7 nitrogen and oxygen atoms in total. The van der Waals surface area contributed by atoms with E-state index in [0.29, 0.717) is 29.2 Å². The summed E-state index contributed by atoms with van der Waals surface area (Å²) in [5, 5.41) is 8.70. The van der Waals surface area contributed by atoms with Crippen molar-refractivity contribution in [1.29, 1.82) is 0 Å². The first-order valence-corrected chi connectivity index (χ1v) is 12.1. The lowest BCUT2D eigenvalue weighted by molar-refractivity contribution is 0.0954. The second-order valence-corrected chi connectivity index (χ2v) is 8.58. The number of benzene rings is 3. The van der Waals surface area contributed by atoms with E-state index in [-0.39, 0.29) is 11.9 Å². The number of nitrogens with one attached hydrogen (secondary N) is 3. The summed E-state index contributed by atoms with van der Waals surface area (Å²) >= 11 is 0. The van der Waals surface area contributed by atoms with E-state index in [1.165, 1.54) is 12.0 Å². The first-order valence-electron chi connectivity index (χ1n) is 12.1. The predicted molar refractivity (Wildman–Crippen MR) is 141 cm³/mol. The Balaban J connectivity index is 1.47. The van der Waals surface area contributed by atoms with Crippen molar-refractivity contribution < 1.29 is 14.3 Å². The predicted octanol–water partition coefficient (Wildman–Crippen LogP) is 5.30. The minimum Gasteiger partial charge on any atom is -0.497 e. The van der Waals surface area contributed by atoms with Crippen LogP contribution in [0.2, 0.25) is 0 Å². The van der Waals surface area contributed by atoms with E-state index in [2.05, 4.69) is 33.0 Å². The number of carbonyl (C=O) groups is 2. The SMILES string of the molecule is COc1cccc(NC(=O)Nc2ccc(N3CCCCC3)c(C(=O)NCCc3ccccc3)c2)c1. The lowest BCUT2D eigenvalue weighted by Gasteiger charge is -2.30. The van der Waals surface area contributed by atoms with Crippen molar-refractivity contribution in [3.05, 3.63) is 83.9 Å². The number of ether oxygens (including phenoxy) is 1. The molecule has 3 aromatic rings. The van der Waals surface area contributed by atoms with Gasteiger partial charge in [0.05, 0.1) is 12.7 Å². The van der Waals surface area contributed by atoms with Crippen molar-refractivity contribution in [2.75, 3.05) is 42.3 Å². The number of hydrogen-bond acceptors (Lipinski definition) is 4. The van der Waals surface area contributed by atoms with Gasteiger partial charge in [-0.2, -0.15) is 0 Å². The highest BCUT2D eigenvalue weighted by Gasteiger charge is 2.19. The van der Waals surface area contributed by atoms with Crippen molar-refractivity contribution >= 4 is 29.0 Å². The normalized spacial score (nSPS) is 13.1. The molecule has 182 valence electrons. The summed E-state index contributed by atoms with van der Waals surface area (Å²) < 4.78 is 5.21. The summed E-state index contributed by atoms with van der Waals surface area (Å²) in [6.07, 6.45) is 4.18. The second-order valence-electron chi connectivity index (χ2n) is 8.58. The van der Waals surface area contributed by atoms with Crippen LogP contribution in [0.1, 0.15) is 35.2 Å². The van der Waals surface area contributed by atoms with Gasteiger partial charge in [0.2, 0.25) is 0 Å². The molecule has 0 aromatic heterocycles. The van der Waals surface area contributed by atoms with Gasteiger partial charge in [-0.05, 0) is 61.6 Å². The number of methoxy groups -OCH3 is 1. The van der Waals surface area contributed by atoms with Crippen molar-refractivity contribution in [2.45, 2.75) is 25.7 Å². The van der Waals surface area contributed by atoms with Gasteiger partial charge in [0.1, 0.15) is 5.75 Å². The van der Waals surface area contributed by atoms with Crippen LogP contribution in [0.15, 0.2) is 72.8 Å². The Morgan fingerprint density at radius 2 is 1.60 bits per heavy atom. The minimum atomic E-state index is -0.389. The highest BCUT2D eigenvalue weighted by molar-refractivity contribution is 6.04. The van der Waals surface area contributed by atoms with Gasteiger partial charge < -0.3 is 25.6 Å². The average molecular weight is 473 g/mol. The zero-order valence-corrected chi connectivity index (χ0v) is 20.0. The van der Waals surface area contributed by atoms with Crippen LogP contribution in [-0.2, 0) is 6.42 Å². The molecule has 0 aliphatic carbocycles. The van der Waals surface area contributed by atoms with Crippen molar-refractivity contribution in [1.82, 2.24) is 5.32 Å². The van der Waals surface area contributed by atoms with E-state index in [1.807, 2.05) is 36.4 Å². The van der Waals surface area contributed by atoms with Gasteiger partial charge in [-0.15, -0.1) is 0 Å². The molecule has 0 spiro atoms. The third-order valence-corrected chi connectivity index (χ3v) is 6.07. The Labute approximate surface area is 206 Å². The number of carbonyl (C=O) groups excluding carboxylic acids is 2. The van der Waals surface area contributed by atoms with Gasteiger partial charge in [0.15, 0.2) is 0 Å². The van der Waals surface area contributed by atoms with Gasteiger partial charge in [-0.3, -0.25) is 4.79 Å². The molecule has 0 bridgehead atoms. The van der Waals surface area contributed by atoms with Gasteiger partial charge in [0.25, 0.3) is 5.91 Å². The largest absolute Gasteiger partial charge is 0.497 e. The molecular weight excluding hydrogens is 440 g/mol. The number of amides is 3. The number of urea groups is 1. The van der Waals surface area contributed by atoms with Crippen LogP contribution in [-0.4, -0.2) is 38.7 Å². The van der Waals surface area contributed by atoms with Crippen molar-refractivity contribution in [2.24, 2.45) is 0 Å². The maximum atomic E-state index is 13.2.